The largest absolute Gasteiger partial charge is 0.354 e. The molecule has 0 aliphatic rings. The van der Waals surface area contributed by atoms with Crippen LogP contribution in [0.3, 0.4) is 0 Å². The second kappa shape index (κ2) is 13.3. The minimum atomic E-state index is -3.74. The lowest BCUT2D eigenvalue weighted by Gasteiger charge is -2.33. The Balaban J connectivity index is 2.37. The Morgan fingerprint density at radius 2 is 1.69 bits per heavy atom. The van der Waals surface area contributed by atoms with Crippen molar-refractivity contribution in [2.45, 2.75) is 59.4 Å². The number of nitrogens with one attached hydrogen (secondary N) is 1. The molecule has 2 aromatic carbocycles. The van der Waals surface area contributed by atoms with Crippen molar-refractivity contribution in [2.75, 3.05) is 30.2 Å². The molecule has 192 valence electrons. The Morgan fingerprint density at radius 1 is 1.00 bits per heavy atom. The number of carbonyl (C=O) groups is 2. The molecule has 2 amide bonds. The fraction of sp³-hybridized carbons (Fsp3) is 0.481. The van der Waals surface area contributed by atoms with Crippen molar-refractivity contribution < 1.29 is 18.0 Å². The van der Waals surface area contributed by atoms with Crippen LogP contribution in [0, 0.1) is 13.8 Å². The summed E-state index contributed by atoms with van der Waals surface area (Å²) >= 11 is 0. The third-order valence-electron chi connectivity index (χ3n) is 6.22. The Morgan fingerprint density at radius 3 is 2.29 bits per heavy atom. The molecule has 0 aliphatic heterocycles. The van der Waals surface area contributed by atoms with E-state index in [2.05, 4.69) is 5.32 Å². The molecule has 0 unspecified atom stereocenters. The van der Waals surface area contributed by atoms with Gasteiger partial charge in [0, 0.05) is 13.1 Å². The van der Waals surface area contributed by atoms with Crippen LogP contribution >= 0.6 is 0 Å². The molecule has 1 atom stereocenters. The van der Waals surface area contributed by atoms with Crippen molar-refractivity contribution in [1.29, 1.82) is 0 Å². The summed E-state index contributed by atoms with van der Waals surface area (Å²) < 4.78 is 26.7. The molecule has 2 aromatic rings. The van der Waals surface area contributed by atoms with Crippen molar-refractivity contribution in [1.82, 2.24) is 10.2 Å². The second-order valence-electron chi connectivity index (χ2n) is 8.88. The molecule has 0 heterocycles. The number of hydrogen-bond donors (Lipinski definition) is 1. The molecule has 0 bridgehead atoms. The second-order valence-corrected chi connectivity index (χ2v) is 10.8. The van der Waals surface area contributed by atoms with Gasteiger partial charge in [-0.15, -0.1) is 0 Å². The maximum Gasteiger partial charge on any atom is 0.244 e. The number of sulfonamides is 1. The van der Waals surface area contributed by atoms with Crippen LogP contribution in [0.4, 0.5) is 5.69 Å². The van der Waals surface area contributed by atoms with E-state index in [-0.39, 0.29) is 12.5 Å². The molecular weight excluding hydrogens is 462 g/mol. The summed E-state index contributed by atoms with van der Waals surface area (Å²) in [5, 5.41) is 2.94. The summed E-state index contributed by atoms with van der Waals surface area (Å²) in [6, 6.07) is 14.5. The highest BCUT2D eigenvalue weighted by atomic mass is 32.2. The van der Waals surface area contributed by atoms with E-state index in [0.29, 0.717) is 31.6 Å². The van der Waals surface area contributed by atoms with Gasteiger partial charge in [0.1, 0.15) is 12.6 Å². The van der Waals surface area contributed by atoms with Crippen molar-refractivity contribution in [3.8, 4) is 0 Å². The number of carbonyl (C=O) groups excluding carboxylic acids is 2. The van der Waals surface area contributed by atoms with Gasteiger partial charge in [-0.3, -0.25) is 13.9 Å². The standard InChI is InChI=1S/C27H39N3O4S/c1-6-8-18-28-27(32)24(7-2)29(19-17-23-14-10-9-11-15-23)26(31)20-30(35(5,33)34)25-16-12-13-21(3)22(25)4/h9-16,24H,6-8,17-20H2,1-5H3,(H,28,32)/t24-/m1/s1. The predicted octanol–water partition coefficient (Wildman–Crippen LogP) is 3.84. The fourth-order valence-corrected chi connectivity index (χ4v) is 4.90. The zero-order valence-corrected chi connectivity index (χ0v) is 22.4. The maximum atomic E-state index is 13.7. The number of amides is 2. The van der Waals surface area contributed by atoms with Gasteiger partial charge in [0.2, 0.25) is 21.8 Å². The van der Waals surface area contributed by atoms with Crippen LogP contribution in [0.15, 0.2) is 48.5 Å². The van der Waals surface area contributed by atoms with E-state index in [4.69, 9.17) is 0 Å². The van der Waals surface area contributed by atoms with Crippen molar-refractivity contribution in [3.05, 3.63) is 65.2 Å². The lowest BCUT2D eigenvalue weighted by atomic mass is 10.1. The van der Waals surface area contributed by atoms with Gasteiger partial charge in [-0.05, 0) is 55.9 Å². The van der Waals surface area contributed by atoms with Crippen LogP contribution in [-0.2, 0) is 26.0 Å². The average molecular weight is 502 g/mol. The molecule has 0 aromatic heterocycles. The van der Waals surface area contributed by atoms with E-state index < -0.39 is 22.0 Å². The third-order valence-corrected chi connectivity index (χ3v) is 7.35. The summed E-state index contributed by atoms with van der Waals surface area (Å²) in [5.41, 5.74) is 3.25. The molecule has 0 aliphatic carbocycles. The van der Waals surface area contributed by atoms with Crippen LogP contribution in [0.2, 0.25) is 0 Å². The van der Waals surface area contributed by atoms with E-state index in [1.807, 2.05) is 64.1 Å². The molecule has 2 rings (SSSR count). The lowest BCUT2D eigenvalue weighted by Crippen LogP contribution is -2.53. The van der Waals surface area contributed by atoms with Crippen LogP contribution in [0.1, 0.15) is 49.8 Å². The highest BCUT2D eigenvalue weighted by Gasteiger charge is 2.31. The summed E-state index contributed by atoms with van der Waals surface area (Å²) in [7, 11) is -3.74. The highest BCUT2D eigenvalue weighted by molar-refractivity contribution is 7.92. The lowest BCUT2D eigenvalue weighted by molar-refractivity contribution is -0.139. The molecule has 35 heavy (non-hydrogen) atoms. The topological polar surface area (TPSA) is 86.8 Å². The van der Waals surface area contributed by atoms with Gasteiger partial charge in [0.15, 0.2) is 0 Å². The smallest absolute Gasteiger partial charge is 0.244 e. The van der Waals surface area contributed by atoms with Gasteiger partial charge in [-0.25, -0.2) is 8.42 Å². The molecule has 0 saturated carbocycles. The number of nitrogens with zero attached hydrogens (tertiary/aromatic N) is 2. The highest BCUT2D eigenvalue weighted by Crippen LogP contribution is 2.25. The first-order chi connectivity index (χ1) is 16.6. The Labute approximate surface area is 210 Å². The summed E-state index contributed by atoms with van der Waals surface area (Å²) in [6.45, 7) is 8.16. The molecule has 0 saturated heterocycles. The molecule has 0 radical (unpaired) electrons. The van der Waals surface area contributed by atoms with Crippen LogP contribution < -0.4 is 9.62 Å². The number of anilines is 1. The number of unbranched alkanes of at least 4 members (excludes halogenated alkanes) is 1. The Bertz CT molecular complexity index is 1090. The van der Waals surface area contributed by atoms with Crippen molar-refractivity contribution in [3.63, 3.8) is 0 Å². The maximum absolute atomic E-state index is 13.7. The Kier molecular flexibility index (Phi) is 10.8. The van der Waals surface area contributed by atoms with E-state index in [9.17, 15) is 18.0 Å². The SMILES string of the molecule is CCCCNC(=O)[C@@H](CC)N(CCc1ccccc1)C(=O)CN(c1cccc(C)c1C)S(C)(=O)=O. The van der Waals surface area contributed by atoms with E-state index in [1.54, 1.807) is 12.1 Å². The zero-order valence-electron chi connectivity index (χ0n) is 21.6. The van der Waals surface area contributed by atoms with Gasteiger partial charge in [0.25, 0.3) is 0 Å². The molecule has 8 heteroatoms. The van der Waals surface area contributed by atoms with E-state index in [0.717, 1.165) is 40.1 Å². The van der Waals surface area contributed by atoms with Gasteiger partial charge in [-0.2, -0.15) is 0 Å². The summed E-state index contributed by atoms with van der Waals surface area (Å²) in [4.78, 5) is 28.2. The van der Waals surface area contributed by atoms with E-state index >= 15 is 0 Å². The monoisotopic (exact) mass is 501 g/mol. The van der Waals surface area contributed by atoms with Gasteiger partial charge >= 0.3 is 0 Å². The molecule has 0 spiro atoms. The fourth-order valence-electron chi connectivity index (χ4n) is 4.00. The van der Waals surface area contributed by atoms with Crippen LogP contribution in [0.25, 0.3) is 0 Å². The van der Waals surface area contributed by atoms with Crippen molar-refractivity contribution in [2.24, 2.45) is 0 Å². The third kappa shape index (κ3) is 8.09. The summed E-state index contributed by atoms with van der Waals surface area (Å²) in [6.07, 6.45) is 3.90. The van der Waals surface area contributed by atoms with Gasteiger partial charge < -0.3 is 10.2 Å². The molecule has 0 fully saturated rings. The van der Waals surface area contributed by atoms with Crippen molar-refractivity contribution >= 4 is 27.5 Å². The number of aryl methyl sites for hydroxylation is 1. The van der Waals surface area contributed by atoms with Crippen LogP contribution in [-0.4, -0.2) is 57.1 Å². The number of rotatable bonds is 13. The Hall–Kier alpha value is -2.87. The molecule has 7 nitrogen and oxygen atoms in total. The summed E-state index contributed by atoms with van der Waals surface area (Å²) in [5.74, 6) is -0.607. The quantitative estimate of drug-likeness (QED) is 0.423. The zero-order chi connectivity index (χ0) is 26.0. The molecular formula is C27H39N3O4S. The van der Waals surface area contributed by atoms with E-state index in [1.165, 1.54) is 4.90 Å². The van der Waals surface area contributed by atoms with Crippen LogP contribution in [0.5, 0.6) is 0 Å². The first-order valence-corrected chi connectivity index (χ1v) is 14.1. The first-order valence-electron chi connectivity index (χ1n) is 12.2. The molecule has 1 N–H and O–H groups in total. The number of hydrogen-bond acceptors (Lipinski definition) is 4. The average Bonchev–Trinajstić information content (AvgIpc) is 2.82. The minimum absolute atomic E-state index is 0.208. The minimum Gasteiger partial charge on any atom is -0.354 e. The first kappa shape index (κ1) is 28.4. The predicted molar refractivity (Wildman–Crippen MR) is 142 cm³/mol. The number of benzene rings is 2. The van der Waals surface area contributed by atoms with Gasteiger partial charge in [0.05, 0.1) is 11.9 Å². The van der Waals surface area contributed by atoms with Gasteiger partial charge in [-0.1, -0.05) is 62.7 Å². The normalized spacial score (nSPS) is 12.1.